The van der Waals surface area contributed by atoms with Gasteiger partial charge in [0, 0.05) is 26.1 Å². The van der Waals surface area contributed by atoms with Crippen molar-refractivity contribution in [1.29, 1.82) is 5.26 Å². The van der Waals surface area contributed by atoms with Gasteiger partial charge in [0.15, 0.2) is 0 Å². The first-order valence-electron chi connectivity index (χ1n) is 7.23. The van der Waals surface area contributed by atoms with Crippen LogP contribution in [0.25, 0.3) is 6.08 Å². The molecule has 0 radical (unpaired) electrons. The van der Waals surface area contributed by atoms with E-state index < -0.39 is 0 Å². The third-order valence-electron chi connectivity index (χ3n) is 3.26. The van der Waals surface area contributed by atoms with Gasteiger partial charge in [0.1, 0.15) is 0 Å². The highest BCUT2D eigenvalue weighted by Crippen LogP contribution is 2.06. The Labute approximate surface area is 127 Å². The summed E-state index contributed by atoms with van der Waals surface area (Å²) in [5.74, 6) is 0. The lowest BCUT2D eigenvalue weighted by Crippen LogP contribution is -2.24. The molecule has 0 fully saturated rings. The molecule has 0 aliphatic carbocycles. The maximum absolute atomic E-state index is 8.79. The van der Waals surface area contributed by atoms with Crippen molar-refractivity contribution in [2.45, 2.75) is 13.0 Å². The van der Waals surface area contributed by atoms with Gasteiger partial charge < -0.3 is 0 Å². The van der Waals surface area contributed by atoms with Crippen LogP contribution in [0, 0.1) is 11.3 Å². The Morgan fingerprint density at radius 2 is 1.62 bits per heavy atom. The SMILES string of the molecule is N#CCCN(C/C=C/c1ccccc1)Cc1ccccc1. The highest BCUT2D eigenvalue weighted by atomic mass is 15.1. The van der Waals surface area contributed by atoms with Crippen molar-refractivity contribution in [3.05, 3.63) is 77.9 Å². The van der Waals surface area contributed by atoms with Crippen LogP contribution in [-0.2, 0) is 6.54 Å². The summed E-state index contributed by atoms with van der Waals surface area (Å²) < 4.78 is 0. The molecule has 0 amide bonds. The zero-order valence-corrected chi connectivity index (χ0v) is 12.2. The molecule has 2 nitrogen and oxygen atoms in total. The molecule has 2 aromatic carbocycles. The third kappa shape index (κ3) is 5.64. The molecule has 2 rings (SSSR count). The lowest BCUT2D eigenvalue weighted by molar-refractivity contribution is 0.302. The third-order valence-corrected chi connectivity index (χ3v) is 3.26. The number of hydrogen-bond donors (Lipinski definition) is 0. The van der Waals surface area contributed by atoms with E-state index in [-0.39, 0.29) is 0 Å². The second-order valence-electron chi connectivity index (χ2n) is 4.94. The summed E-state index contributed by atoms with van der Waals surface area (Å²) in [6, 6.07) is 22.9. The minimum atomic E-state index is 0.562. The summed E-state index contributed by atoms with van der Waals surface area (Å²) in [5.41, 5.74) is 2.49. The predicted octanol–water partition coefficient (Wildman–Crippen LogP) is 4.12. The summed E-state index contributed by atoms with van der Waals surface area (Å²) in [5, 5.41) is 8.79. The van der Waals surface area contributed by atoms with Crippen LogP contribution in [0.5, 0.6) is 0 Å². The lowest BCUT2D eigenvalue weighted by atomic mass is 10.2. The minimum Gasteiger partial charge on any atom is -0.294 e. The van der Waals surface area contributed by atoms with E-state index in [0.29, 0.717) is 6.42 Å². The van der Waals surface area contributed by atoms with Crippen molar-refractivity contribution in [2.75, 3.05) is 13.1 Å². The quantitative estimate of drug-likeness (QED) is 0.760. The molecule has 0 bridgehead atoms. The van der Waals surface area contributed by atoms with Crippen molar-refractivity contribution in [3.63, 3.8) is 0 Å². The first-order chi connectivity index (χ1) is 10.4. The minimum absolute atomic E-state index is 0.562. The molecule has 21 heavy (non-hydrogen) atoms. The fourth-order valence-corrected chi connectivity index (χ4v) is 2.19. The number of hydrogen-bond acceptors (Lipinski definition) is 2. The van der Waals surface area contributed by atoms with Crippen LogP contribution in [0.1, 0.15) is 17.5 Å². The standard InChI is InChI=1S/C19H20N2/c20-14-8-16-21(17-19-11-5-2-6-12-19)15-7-13-18-9-3-1-4-10-18/h1-7,9-13H,8,15-17H2/b13-7+. The van der Waals surface area contributed by atoms with Crippen LogP contribution in [0.4, 0.5) is 0 Å². The smallest absolute Gasteiger partial charge is 0.0635 e. The van der Waals surface area contributed by atoms with Crippen molar-refractivity contribution in [2.24, 2.45) is 0 Å². The number of benzene rings is 2. The number of nitriles is 1. The Bertz CT molecular complexity index is 582. The van der Waals surface area contributed by atoms with Crippen molar-refractivity contribution in [3.8, 4) is 6.07 Å². The van der Waals surface area contributed by atoms with Crippen molar-refractivity contribution < 1.29 is 0 Å². The van der Waals surface area contributed by atoms with Gasteiger partial charge in [-0.25, -0.2) is 0 Å². The van der Waals surface area contributed by atoms with Crippen LogP contribution in [0.3, 0.4) is 0 Å². The summed E-state index contributed by atoms with van der Waals surface area (Å²) in [6.07, 6.45) is 4.85. The van der Waals surface area contributed by atoms with E-state index in [9.17, 15) is 0 Å². The molecule has 0 spiro atoms. The second kappa shape index (κ2) is 8.73. The molecule has 106 valence electrons. The van der Waals surface area contributed by atoms with Crippen LogP contribution in [0.15, 0.2) is 66.7 Å². The zero-order chi connectivity index (χ0) is 14.8. The van der Waals surface area contributed by atoms with E-state index in [1.165, 1.54) is 11.1 Å². The van der Waals surface area contributed by atoms with Gasteiger partial charge in [0.25, 0.3) is 0 Å². The number of nitrogens with zero attached hydrogens (tertiary/aromatic N) is 2. The highest BCUT2D eigenvalue weighted by molar-refractivity contribution is 5.48. The predicted molar refractivity (Wildman–Crippen MR) is 87.4 cm³/mol. The topological polar surface area (TPSA) is 27.0 Å². The van der Waals surface area contributed by atoms with Crippen LogP contribution in [-0.4, -0.2) is 18.0 Å². The van der Waals surface area contributed by atoms with E-state index in [2.05, 4.69) is 59.5 Å². The van der Waals surface area contributed by atoms with Gasteiger partial charge in [-0.2, -0.15) is 5.26 Å². The van der Waals surface area contributed by atoms with Gasteiger partial charge in [-0.15, -0.1) is 0 Å². The summed E-state index contributed by atoms with van der Waals surface area (Å²) >= 11 is 0. The molecule has 0 unspecified atom stereocenters. The van der Waals surface area contributed by atoms with Gasteiger partial charge in [-0.1, -0.05) is 72.8 Å². The first kappa shape index (κ1) is 15.0. The van der Waals surface area contributed by atoms with E-state index in [4.69, 9.17) is 5.26 Å². The first-order valence-corrected chi connectivity index (χ1v) is 7.23. The molecular formula is C19H20N2. The van der Waals surface area contributed by atoms with Crippen molar-refractivity contribution in [1.82, 2.24) is 4.90 Å². The largest absolute Gasteiger partial charge is 0.294 e. The molecule has 0 aliphatic rings. The Balaban J connectivity index is 1.93. The van der Waals surface area contributed by atoms with E-state index in [0.717, 1.165) is 19.6 Å². The van der Waals surface area contributed by atoms with Gasteiger partial charge >= 0.3 is 0 Å². The van der Waals surface area contributed by atoms with E-state index >= 15 is 0 Å². The van der Waals surface area contributed by atoms with Crippen LogP contribution >= 0.6 is 0 Å². The lowest BCUT2D eigenvalue weighted by Gasteiger charge is -2.19. The van der Waals surface area contributed by atoms with Gasteiger partial charge in [0.2, 0.25) is 0 Å². The summed E-state index contributed by atoms with van der Waals surface area (Å²) in [4.78, 5) is 2.29. The molecule has 0 heterocycles. The fraction of sp³-hybridized carbons (Fsp3) is 0.211. The summed E-state index contributed by atoms with van der Waals surface area (Å²) in [6.45, 7) is 2.53. The Kier molecular flexibility index (Phi) is 6.25. The fourth-order valence-electron chi connectivity index (χ4n) is 2.19. The Morgan fingerprint density at radius 3 is 2.29 bits per heavy atom. The molecule has 0 aromatic heterocycles. The normalized spacial score (nSPS) is 10.9. The maximum Gasteiger partial charge on any atom is 0.0635 e. The Hall–Kier alpha value is -2.37. The molecule has 0 N–H and O–H groups in total. The van der Waals surface area contributed by atoms with Crippen molar-refractivity contribution >= 4 is 6.08 Å². The van der Waals surface area contributed by atoms with Gasteiger partial charge in [-0.3, -0.25) is 4.90 Å². The average Bonchev–Trinajstić information content (AvgIpc) is 2.54. The van der Waals surface area contributed by atoms with Gasteiger partial charge in [0.05, 0.1) is 6.07 Å². The average molecular weight is 276 g/mol. The molecule has 0 saturated carbocycles. The molecule has 0 saturated heterocycles. The van der Waals surface area contributed by atoms with Crippen LogP contribution in [0.2, 0.25) is 0 Å². The molecule has 2 aromatic rings. The molecule has 2 heteroatoms. The van der Waals surface area contributed by atoms with Crippen LogP contribution < -0.4 is 0 Å². The van der Waals surface area contributed by atoms with Gasteiger partial charge in [-0.05, 0) is 11.1 Å². The number of rotatable bonds is 7. The highest BCUT2D eigenvalue weighted by Gasteiger charge is 2.03. The van der Waals surface area contributed by atoms with E-state index in [1.54, 1.807) is 0 Å². The van der Waals surface area contributed by atoms with E-state index in [1.807, 2.05) is 24.3 Å². The monoisotopic (exact) mass is 276 g/mol. The Morgan fingerprint density at radius 1 is 0.952 bits per heavy atom. The molecular weight excluding hydrogens is 256 g/mol. The maximum atomic E-state index is 8.79. The zero-order valence-electron chi connectivity index (χ0n) is 12.2. The second-order valence-corrected chi connectivity index (χ2v) is 4.94. The molecule has 0 atom stereocenters. The summed E-state index contributed by atoms with van der Waals surface area (Å²) in [7, 11) is 0. The molecule has 0 aliphatic heterocycles.